The van der Waals surface area contributed by atoms with Crippen molar-refractivity contribution >= 4 is 44.5 Å². The molecule has 0 heterocycles. The van der Waals surface area contributed by atoms with Crippen molar-refractivity contribution in [3.8, 4) is 6.07 Å². The van der Waals surface area contributed by atoms with Crippen LogP contribution in [0.3, 0.4) is 0 Å². The van der Waals surface area contributed by atoms with Crippen molar-refractivity contribution in [3.05, 3.63) is 53.6 Å². The van der Waals surface area contributed by atoms with Crippen molar-refractivity contribution in [1.82, 2.24) is 0 Å². The van der Waals surface area contributed by atoms with Crippen LogP contribution in [-0.4, -0.2) is 35.9 Å². The van der Waals surface area contributed by atoms with Gasteiger partial charge in [0.2, 0.25) is 0 Å². The molecule has 1 amide bonds. The standard InChI is InChI=1S/C19H14F3N3O4S2/c1-18(27,10-31(28,29)15-6-4-13(5-7-15)24-11-30)17(26)25-14-3-2-12(9-23)16(8-14)19(20,21)22/h2-8,27H,10H2,1H3,(H,25,26). The molecular weight excluding hydrogens is 455 g/mol. The zero-order valence-electron chi connectivity index (χ0n) is 15.8. The number of amides is 1. The number of carbonyl (C=O) groups is 1. The molecule has 0 aliphatic heterocycles. The number of nitrogens with one attached hydrogen (secondary N) is 1. The number of aliphatic hydroxyl groups is 1. The average molecular weight is 469 g/mol. The predicted molar refractivity (Wildman–Crippen MR) is 109 cm³/mol. The van der Waals surface area contributed by atoms with E-state index in [0.717, 1.165) is 19.1 Å². The van der Waals surface area contributed by atoms with Gasteiger partial charge in [0, 0.05) is 5.69 Å². The van der Waals surface area contributed by atoms with Gasteiger partial charge in [0.15, 0.2) is 15.4 Å². The first-order chi connectivity index (χ1) is 14.3. The second-order valence-electron chi connectivity index (χ2n) is 6.55. The number of carbonyl (C=O) groups excluding carboxylic acids is 1. The maximum atomic E-state index is 13.1. The Hall–Kier alpha value is -3.10. The Labute approximate surface area is 180 Å². The Kier molecular flexibility index (Phi) is 6.98. The Morgan fingerprint density at radius 1 is 1.23 bits per heavy atom. The third-order valence-corrected chi connectivity index (χ3v) is 6.06. The van der Waals surface area contributed by atoms with Gasteiger partial charge in [0.25, 0.3) is 5.91 Å². The van der Waals surface area contributed by atoms with Crippen molar-refractivity contribution in [2.24, 2.45) is 4.99 Å². The highest BCUT2D eigenvalue weighted by atomic mass is 32.2. The Morgan fingerprint density at radius 3 is 2.35 bits per heavy atom. The molecule has 0 aliphatic rings. The predicted octanol–water partition coefficient (Wildman–Crippen LogP) is 3.47. The lowest BCUT2D eigenvalue weighted by molar-refractivity contribution is -0.137. The molecule has 0 radical (unpaired) electrons. The summed E-state index contributed by atoms with van der Waals surface area (Å²) in [5.41, 5.74) is -4.42. The van der Waals surface area contributed by atoms with E-state index in [-0.39, 0.29) is 10.6 Å². The number of hydrogen-bond acceptors (Lipinski definition) is 7. The molecule has 2 aromatic carbocycles. The van der Waals surface area contributed by atoms with Crippen LogP contribution in [0.2, 0.25) is 0 Å². The fraction of sp³-hybridized carbons (Fsp3) is 0.211. The molecule has 0 saturated carbocycles. The van der Waals surface area contributed by atoms with Crippen LogP contribution in [0.25, 0.3) is 0 Å². The summed E-state index contributed by atoms with van der Waals surface area (Å²) >= 11 is 4.45. The first-order valence-electron chi connectivity index (χ1n) is 8.36. The molecule has 0 aromatic heterocycles. The number of aliphatic imine (C=N–C) groups is 1. The molecular formula is C19H14F3N3O4S2. The molecule has 0 aliphatic carbocycles. The third-order valence-electron chi connectivity index (χ3n) is 4.03. The van der Waals surface area contributed by atoms with Gasteiger partial charge >= 0.3 is 6.18 Å². The number of benzene rings is 2. The van der Waals surface area contributed by atoms with Gasteiger partial charge in [-0.2, -0.15) is 23.4 Å². The Morgan fingerprint density at radius 2 is 1.84 bits per heavy atom. The fourth-order valence-corrected chi connectivity index (χ4v) is 4.21. The van der Waals surface area contributed by atoms with E-state index in [1.165, 1.54) is 30.3 Å². The second kappa shape index (κ2) is 8.95. The van der Waals surface area contributed by atoms with Gasteiger partial charge in [0.1, 0.15) is 0 Å². The van der Waals surface area contributed by atoms with Gasteiger partial charge in [-0.05, 0) is 61.6 Å². The molecule has 0 bridgehead atoms. The van der Waals surface area contributed by atoms with Crippen LogP contribution in [0.5, 0.6) is 0 Å². The van der Waals surface area contributed by atoms with E-state index < -0.39 is 44.4 Å². The molecule has 1 atom stereocenters. The first-order valence-corrected chi connectivity index (χ1v) is 10.4. The van der Waals surface area contributed by atoms with Crippen molar-refractivity contribution in [1.29, 1.82) is 5.26 Å². The summed E-state index contributed by atoms with van der Waals surface area (Å²) in [6, 6.07) is 8.90. The van der Waals surface area contributed by atoms with E-state index in [2.05, 4.69) is 22.4 Å². The maximum Gasteiger partial charge on any atom is 0.417 e. The van der Waals surface area contributed by atoms with Gasteiger partial charge in [-0.15, -0.1) is 0 Å². The monoisotopic (exact) mass is 469 g/mol. The van der Waals surface area contributed by atoms with Crippen LogP contribution >= 0.6 is 12.2 Å². The number of thiocarbonyl (C=S) groups is 1. The van der Waals surface area contributed by atoms with Crippen LogP contribution in [0.15, 0.2) is 52.4 Å². The molecule has 2 aromatic rings. The van der Waals surface area contributed by atoms with E-state index in [0.29, 0.717) is 11.8 Å². The van der Waals surface area contributed by atoms with E-state index in [1.807, 2.05) is 5.32 Å². The number of halogens is 3. The number of nitrogens with zero attached hydrogens (tertiary/aromatic N) is 2. The highest BCUT2D eigenvalue weighted by Gasteiger charge is 2.38. The largest absolute Gasteiger partial charge is 0.417 e. The number of rotatable bonds is 6. The van der Waals surface area contributed by atoms with E-state index in [1.54, 1.807) is 0 Å². The first kappa shape index (κ1) is 24.2. The third kappa shape index (κ3) is 5.96. The maximum absolute atomic E-state index is 13.1. The van der Waals surface area contributed by atoms with Crippen molar-refractivity contribution in [2.75, 3.05) is 11.1 Å². The number of sulfone groups is 1. The summed E-state index contributed by atoms with van der Waals surface area (Å²) < 4.78 is 64.3. The van der Waals surface area contributed by atoms with Gasteiger partial charge in [-0.3, -0.25) is 4.79 Å². The minimum atomic E-state index is -4.85. The topological polar surface area (TPSA) is 120 Å². The Bertz CT molecular complexity index is 1200. The molecule has 2 rings (SSSR count). The molecule has 12 heteroatoms. The molecule has 2 N–H and O–H groups in total. The highest BCUT2D eigenvalue weighted by molar-refractivity contribution is 7.91. The number of anilines is 1. The SMILES string of the molecule is CC(O)(CS(=O)(=O)c1ccc(N=C=S)cc1)C(=O)Nc1ccc(C#N)c(C(F)(F)F)c1. The van der Waals surface area contributed by atoms with Gasteiger partial charge in [0.05, 0.1) is 38.7 Å². The normalized spacial score (nSPS) is 13.4. The lowest BCUT2D eigenvalue weighted by Crippen LogP contribution is -2.45. The number of isothiocyanates is 1. The number of nitriles is 1. The van der Waals surface area contributed by atoms with Gasteiger partial charge < -0.3 is 10.4 Å². The van der Waals surface area contributed by atoms with Crippen LogP contribution in [-0.2, 0) is 20.8 Å². The molecule has 0 saturated heterocycles. The molecule has 0 fully saturated rings. The molecule has 1 unspecified atom stereocenters. The van der Waals surface area contributed by atoms with Crippen LogP contribution in [0.4, 0.5) is 24.5 Å². The van der Waals surface area contributed by atoms with Crippen LogP contribution in [0.1, 0.15) is 18.1 Å². The van der Waals surface area contributed by atoms with E-state index in [4.69, 9.17) is 5.26 Å². The summed E-state index contributed by atoms with van der Waals surface area (Å²) in [7, 11) is -4.15. The second-order valence-corrected chi connectivity index (χ2v) is 8.73. The molecule has 7 nitrogen and oxygen atoms in total. The average Bonchev–Trinajstić information content (AvgIpc) is 2.67. The minimum absolute atomic E-state index is 0.207. The smallest absolute Gasteiger partial charge is 0.379 e. The Balaban J connectivity index is 2.25. The lowest BCUT2D eigenvalue weighted by Gasteiger charge is -2.22. The summed E-state index contributed by atoms with van der Waals surface area (Å²) in [6.45, 7) is 0.916. The van der Waals surface area contributed by atoms with Crippen LogP contribution in [0, 0.1) is 11.3 Å². The molecule has 0 spiro atoms. The lowest BCUT2D eigenvalue weighted by atomic mass is 10.1. The number of alkyl halides is 3. The summed E-state index contributed by atoms with van der Waals surface area (Å²) in [5, 5.41) is 23.4. The fourth-order valence-electron chi connectivity index (χ4n) is 2.52. The van der Waals surface area contributed by atoms with E-state index in [9.17, 15) is 31.5 Å². The van der Waals surface area contributed by atoms with E-state index >= 15 is 0 Å². The zero-order chi connectivity index (χ0) is 23.4. The van der Waals surface area contributed by atoms with Gasteiger partial charge in [-0.1, -0.05) is 0 Å². The van der Waals surface area contributed by atoms with Crippen molar-refractivity contribution in [2.45, 2.75) is 23.6 Å². The van der Waals surface area contributed by atoms with Crippen molar-refractivity contribution in [3.63, 3.8) is 0 Å². The van der Waals surface area contributed by atoms with Crippen LogP contribution < -0.4 is 5.32 Å². The molecule has 31 heavy (non-hydrogen) atoms. The summed E-state index contributed by atoms with van der Waals surface area (Å²) in [4.78, 5) is 15.9. The quantitative estimate of drug-likeness (QED) is 0.494. The highest BCUT2D eigenvalue weighted by Crippen LogP contribution is 2.33. The molecule has 162 valence electrons. The minimum Gasteiger partial charge on any atom is -0.379 e. The zero-order valence-corrected chi connectivity index (χ0v) is 17.4. The number of hydrogen-bond donors (Lipinski definition) is 2. The van der Waals surface area contributed by atoms with Gasteiger partial charge in [-0.25, -0.2) is 8.42 Å². The van der Waals surface area contributed by atoms with Crippen molar-refractivity contribution < 1.29 is 31.5 Å². The summed E-state index contributed by atoms with van der Waals surface area (Å²) in [5.74, 6) is -2.28. The summed E-state index contributed by atoms with van der Waals surface area (Å²) in [6.07, 6.45) is -4.85.